The first-order valence-electron chi connectivity index (χ1n) is 7.45. The third-order valence-electron chi connectivity index (χ3n) is 4.12. The van der Waals surface area contributed by atoms with Gasteiger partial charge in [-0.1, -0.05) is 25.5 Å². The van der Waals surface area contributed by atoms with E-state index in [1.54, 1.807) is 18.2 Å². The molecule has 0 radical (unpaired) electrons. The molecular weight excluding hydrogens is 266 g/mol. The Labute approximate surface area is 125 Å². The number of hydrogen-bond donors (Lipinski definition) is 3. The largest absolute Gasteiger partial charge is 0.366 e. The van der Waals surface area contributed by atoms with E-state index in [-0.39, 0.29) is 11.3 Å². The number of nitrogens with one attached hydrogen (secondary N) is 2. The van der Waals surface area contributed by atoms with Gasteiger partial charge in [0.05, 0.1) is 5.41 Å². The summed E-state index contributed by atoms with van der Waals surface area (Å²) < 4.78 is 0. The van der Waals surface area contributed by atoms with E-state index in [4.69, 9.17) is 5.73 Å². The standard InChI is InChI=1S/C16H23N3O2/c1-2-6-16(7-8-18-11-16)15(21)19-10-12-4-3-5-13(9-12)14(17)20/h3-5,9,18H,2,6-8,10-11H2,1H3,(H2,17,20)(H,19,21). The smallest absolute Gasteiger partial charge is 0.248 e. The molecule has 1 aliphatic rings. The lowest BCUT2D eigenvalue weighted by Crippen LogP contribution is -2.42. The number of carbonyl (C=O) groups is 2. The topological polar surface area (TPSA) is 84.2 Å². The fraction of sp³-hybridized carbons (Fsp3) is 0.500. The van der Waals surface area contributed by atoms with Gasteiger partial charge in [-0.15, -0.1) is 0 Å². The van der Waals surface area contributed by atoms with Gasteiger partial charge >= 0.3 is 0 Å². The fourth-order valence-corrected chi connectivity index (χ4v) is 2.95. The summed E-state index contributed by atoms with van der Waals surface area (Å²) in [5.41, 5.74) is 6.33. The Morgan fingerprint density at radius 1 is 1.43 bits per heavy atom. The van der Waals surface area contributed by atoms with Gasteiger partial charge in [-0.25, -0.2) is 0 Å². The normalized spacial score (nSPS) is 21.2. The molecular formula is C16H23N3O2. The predicted molar refractivity (Wildman–Crippen MR) is 81.6 cm³/mol. The molecule has 1 fully saturated rings. The minimum atomic E-state index is -0.453. The van der Waals surface area contributed by atoms with E-state index in [0.717, 1.165) is 37.9 Å². The van der Waals surface area contributed by atoms with Crippen molar-refractivity contribution >= 4 is 11.8 Å². The molecule has 0 saturated carbocycles. The Morgan fingerprint density at radius 3 is 2.86 bits per heavy atom. The van der Waals surface area contributed by atoms with E-state index in [1.807, 2.05) is 6.07 Å². The second-order valence-corrected chi connectivity index (χ2v) is 5.70. The first-order chi connectivity index (χ1) is 10.1. The highest BCUT2D eigenvalue weighted by atomic mass is 16.2. The summed E-state index contributed by atoms with van der Waals surface area (Å²) in [5.74, 6) is -0.357. The maximum Gasteiger partial charge on any atom is 0.248 e. The number of hydrogen-bond acceptors (Lipinski definition) is 3. The zero-order valence-electron chi connectivity index (χ0n) is 12.4. The van der Waals surface area contributed by atoms with E-state index in [0.29, 0.717) is 12.1 Å². The first-order valence-corrected chi connectivity index (χ1v) is 7.45. The molecule has 1 aliphatic heterocycles. The summed E-state index contributed by atoms with van der Waals surface area (Å²) >= 11 is 0. The predicted octanol–water partition coefficient (Wildman–Crippen LogP) is 1.18. The average Bonchev–Trinajstić information content (AvgIpc) is 2.95. The van der Waals surface area contributed by atoms with Gasteiger partial charge in [-0.05, 0) is 37.1 Å². The summed E-state index contributed by atoms with van der Waals surface area (Å²) in [6, 6.07) is 7.06. The van der Waals surface area contributed by atoms with Crippen molar-refractivity contribution < 1.29 is 9.59 Å². The van der Waals surface area contributed by atoms with Gasteiger partial charge in [0.2, 0.25) is 11.8 Å². The third-order valence-corrected chi connectivity index (χ3v) is 4.12. The fourth-order valence-electron chi connectivity index (χ4n) is 2.95. The van der Waals surface area contributed by atoms with Gasteiger partial charge in [0.25, 0.3) is 0 Å². The number of carbonyl (C=O) groups excluding carboxylic acids is 2. The van der Waals surface area contributed by atoms with Crippen LogP contribution in [0.15, 0.2) is 24.3 Å². The number of amides is 2. The molecule has 4 N–H and O–H groups in total. The molecule has 1 saturated heterocycles. The van der Waals surface area contributed by atoms with Gasteiger partial charge < -0.3 is 16.4 Å². The molecule has 1 heterocycles. The molecule has 21 heavy (non-hydrogen) atoms. The van der Waals surface area contributed by atoms with Crippen LogP contribution < -0.4 is 16.4 Å². The SMILES string of the molecule is CCCC1(C(=O)NCc2cccc(C(N)=O)c2)CCNC1. The van der Waals surface area contributed by atoms with Crippen molar-refractivity contribution in [3.8, 4) is 0 Å². The summed E-state index contributed by atoms with van der Waals surface area (Å²) in [6.07, 6.45) is 2.77. The Bertz CT molecular complexity index is 522. The summed E-state index contributed by atoms with van der Waals surface area (Å²) in [6.45, 7) is 4.16. The summed E-state index contributed by atoms with van der Waals surface area (Å²) in [7, 11) is 0. The van der Waals surface area contributed by atoms with Crippen molar-refractivity contribution in [2.24, 2.45) is 11.1 Å². The average molecular weight is 289 g/mol. The molecule has 114 valence electrons. The number of nitrogens with two attached hydrogens (primary N) is 1. The Hall–Kier alpha value is -1.88. The maximum atomic E-state index is 12.5. The summed E-state index contributed by atoms with van der Waals surface area (Å²) in [5, 5.41) is 6.28. The zero-order valence-corrected chi connectivity index (χ0v) is 12.4. The molecule has 2 amide bonds. The lowest BCUT2D eigenvalue weighted by Gasteiger charge is -2.26. The van der Waals surface area contributed by atoms with Crippen LogP contribution in [0.5, 0.6) is 0 Å². The van der Waals surface area contributed by atoms with E-state index in [2.05, 4.69) is 17.6 Å². The van der Waals surface area contributed by atoms with E-state index in [1.165, 1.54) is 0 Å². The van der Waals surface area contributed by atoms with Crippen LogP contribution in [-0.2, 0) is 11.3 Å². The van der Waals surface area contributed by atoms with E-state index >= 15 is 0 Å². The molecule has 5 heteroatoms. The Kier molecular flexibility index (Phi) is 4.96. The van der Waals surface area contributed by atoms with Crippen LogP contribution in [0.3, 0.4) is 0 Å². The van der Waals surface area contributed by atoms with Crippen molar-refractivity contribution in [2.75, 3.05) is 13.1 Å². The molecule has 1 atom stereocenters. The van der Waals surface area contributed by atoms with Crippen molar-refractivity contribution in [2.45, 2.75) is 32.7 Å². The second-order valence-electron chi connectivity index (χ2n) is 5.70. The van der Waals surface area contributed by atoms with Gasteiger partial charge in [0.1, 0.15) is 0 Å². The van der Waals surface area contributed by atoms with Crippen LogP contribution >= 0.6 is 0 Å². The lowest BCUT2D eigenvalue weighted by atomic mass is 9.81. The molecule has 5 nitrogen and oxygen atoms in total. The zero-order chi connectivity index (χ0) is 15.3. The van der Waals surface area contributed by atoms with Crippen molar-refractivity contribution in [3.63, 3.8) is 0 Å². The highest BCUT2D eigenvalue weighted by Crippen LogP contribution is 2.31. The molecule has 0 bridgehead atoms. The minimum absolute atomic E-state index is 0.0961. The highest BCUT2D eigenvalue weighted by molar-refractivity contribution is 5.92. The Balaban J connectivity index is 2.00. The first kappa shape index (κ1) is 15.5. The van der Waals surface area contributed by atoms with Crippen LogP contribution in [-0.4, -0.2) is 24.9 Å². The van der Waals surface area contributed by atoms with Crippen molar-refractivity contribution in [3.05, 3.63) is 35.4 Å². The molecule has 1 unspecified atom stereocenters. The molecule has 1 aromatic rings. The van der Waals surface area contributed by atoms with Crippen LogP contribution in [0.4, 0.5) is 0 Å². The van der Waals surface area contributed by atoms with Gasteiger partial charge in [0, 0.05) is 18.7 Å². The quantitative estimate of drug-likeness (QED) is 0.735. The maximum absolute atomic E-state index is 12.5. The Morgan fingerprint density at radius 2 is 2.24 bits per heavy atom. The number of benzene rings is 1. The molecule has 0 aliphatic carbocycles. The van der Waals surface area contributed by atoms with Crippen LogP contribution in [0.2, 0.25) is 0 Å². The molecule has 1 aromatic carbocycles. The van der Waals surface area contributed by atoms with Crippen molar-refractivity contribution in [1.82, 2.24) is 10.6 Å². The number of primary amides is 1. The van der Waals surface area contributed by atoms with Crippen molar-refractivity contribution in [1.29, 1.82) is 0 Å². The second kappa shape index (κ2) is 6.72. The van der Waals surface area contributed by atoms with E-state index in [9.17, 15) is 9.59 Å². The highest BCUT2D eigenvalue weighted by Gasteiger charge is 2.39. The van der Waals surface area contributed by atoms with E-state index < -0.39 is 5.91 Å². The molecule has 0 spiro atoms. The van der Waals surface area contributed by atoms with Crippen LogP contribution in [0.25, 0.3) is 0 Å². The van der Waals surface area contributed by atoms with Gasteiger partial charge in [-0.3, -0.25) is 9.59 Å². The van der Waals surface area contributed by atoms with Crippen LogP contribution in [0.1, 0.15) is 42.1 Å². The van der Waals surface area contributed by atoms with Gasteiger partial charge in [-0.2, -0.15) is 0 Å². The summed E-state index contributed by atoms with van der Waals surface area (Å²) in [4.78, 5) is 23.7. The molecule has 0 aromatic heterocycles. The van der Waals surface area contributed by atoms with Crippen LogP contribution in [0, 0.1) is 5.41 Å². The lowest BCUT2D eigenvalue weighted by molar-refractivity contribution is -0.130. The number of rotatable bonds is 6. The van der Waals surface area contributed by atoms with Gasteiger partial charge in [0.15, 0.2) is 0 Å². The monoisotopic (exact) mass is 289 g/mol. The third kappa shape index (κ3) is 3.61. The molecule has 2 rings (SSSR count). The minimum Gasteiger partial charge on any atom is -0.366 e.